The number of amides is 1. The van der Waals surface area contributed by atoms with Crippen LogP contribution in [0.15, 0.2) is 0 Å². The fraction of sp³-hybridized carbons (Fsp3) is 0.947. The Morgan fingerprint density at radius 3 is 2.30 bits per heavy atom. The number of hydrogen-bond acceptors (Lipinski definition) is 3. The van der Waals surface area contributed by atoms with Crippen molar-refractivity contribution >= 4 is 6.09 Å². The van der Waals surface area contributed by atoms with Crippen molar-refractivity contribution in [1.29, 1.82) is 0 Å². The lowest BCUT2D eigenvalue weighted by Gasteiger charge is -2.40. The third kappa shape index (κ3) is 8.59. The number of carbonyl (C=O) groups is 1. The smallest absolute Gasteiger partial charge is 0.410 e. The second-order valence-electron chi connectivity index (χ2n) is 8.37. The first kappa shape index (κ1) is 20.3. The molecule has 136 valence electrons. The largest absolute Gasteiger partial charge is 0.444 e. The van der Waals surface area contributed by atoms with Crippen LogP contribution in [0.4, 0.5) is 4.79 Å². The van der Waals surface area contributed by atoms with E-state index in [0.717, 1.165) is 39.0 Å². The van der Waals surface area contributed by atoms with Crippen LogP contribution in [-0.4, -0.2) is 42.8 Å². The predicted molar refractivity (Wildman–Crippen MR) is 96.8 cm³/mol. The van der Waals surface area contributed by atoms with Crippen molar-refractivity contribution < 1.29 is 9.53 Å². The SMILES string of the molecule is CCCCCCCNCC1(C)CCN(C(=O)OC(C)(C)C)CC1. The molecule has 0 aromatic rings. The maximum Gasteiger partial charge on any atom is 0.410 e. The molecule has 1 fully saturated rings. The highest BCUT2D eigenvalue weighted by molar-refractivity contribution is 5.68. The maximum absolute atomic E-state index is 12.1. The molecule has 4 nitrogen and oxygen atoms in total. The van der Waals surface area contributed by atoms with Gasteiger partial charge in [-0.15, -0.1) is 0 Å². The van der Waals surface area contributed by atoms with Gasteiger partial charge in [0.25, 0.3) is 0 Å². The molecular weight excluding hydrogens is 288 g/mol. The van der Waals surface area contributed by atoms with E-state index in [0.29, 0.717) is 5.41 Å². The summed E-state index contributed by atoms with van der Waals surface area (Å²) in [5.41, 5.74) is -0.0981. The van der Waals surface area contributed by atoms with E-state index in [2.05, 4.69) is 19.2 Å². The number of likely N-dealkylation sites (tertiary alicyclic amines) is 1. The Balaban J connectivity index is 2.19. The van der Waals surface area contributed by atoms with Gasteiger partial charge in [0.05, 0.1) is 0 Å². The topological polar surface area (TPSA) is 41.6 Å². The third-order valence-corrected chi connectivity index (χ3v) is 4.63. The molecule has 1 rings (SSSR count). The molecule has 0 bridgehead atoms. The van der Waals surface area contributed by atoms with Gasteiger partial charge in [0.2, 0.25) is 0 Å². The molecule has 0 aromatic heterocycles. The van der Waals surface area contributed by atoms with Crippen LogP contribution in [0.5, 0.6) is 0 Å². The number of carbonyl (C=O) groups excluding carboxylic acids is 1. The quantitative estimate of drug-likeness (QED) is 0.664. The van der Waals surface area contributed by atoms with E-state index in [1.54, 1.807) is 0 Å². The number of nitrogens with zero attached hydrogens (tertiary/aromatic N) is 1. The average Bonchev–Trinajstić information content (AvgIpc) is 2.45. The summed E-state index contributed by atoms with van der Waals surface area (Å²) in [5, 5.41) is 3.62. The van der Waals surface area contributed by atoms with Crippen LogP contribution in [0.1, 0.15) is 79.6 Å². The van der Waals surface area contributed by atoms with Crippen LogP contribution in [0.3, 0.4) is 0 Å². The number of nitrogens with one attached hydrogen (secondary N) is 1. The van der Waals surface area contributed by atoms with Crippen molar-refractivity contribution in [2.24, 2.45) is 5.41 Å². The van der Waals surface area contributed by atoms with Crippen LogP contribution in [-0.2, 0) is 4.74 Å². The van der Waals surface area contributed by atoms with Gasteiger partial charge in [-0.3, -0.25) is 0 Å². The van der Waals surface area contributed by atoms with Gasteiger partial charge in [-0.1, -0.05) is 39.5 Å². The fourth-order valence-electron chi connectivity index (χ4n) is 2.98. The van der Waals surface area contributed by atoms with Gasteiger partial charge in [0.15, 0.2) is 0 Å². The Kier molecular flexibility index (Phi) is 8.38. The molecule has 0 atom stereocenters. The third-order valence-electron chi connectivity index (χ3n) is 4.63. The molecule has 0 aliphatic carbocycles. The highest BCUT2D eigenvalue weighted by atomic mass is 16.6. The zero-order valence-corrected chi connectivity index (χ0v) is 16.0. The minimum Gasteiger partial charge on any atom is -0.444 e. The van der Waals surface area contributed by atoms with E-state index in [9.17, 15) is 4.79 Å². The first-order valence-electron chi connectivity index (χ1n) is 9.44. The van der Waals surface area contributed by atoms with E-state index < -0.39 is 5.60 Å². The molecule has 0 saturated carbocycles. The second kappa shape index (κ2) is 9.51. The van der Waals surface area contributed by atoms with Crippen molar-refractivity contribution in [2.45, 2.75) is 85.2 Å². The Bertz CT molecular complexity index is 342. The minimum atomic E-state index is -0.406. The van der Waals surface area contributed by atoms with Crippen molar-refractivity contribution in [3.8, 4) is 0 Å². The van der Waals surface area contributed by atoms with Gasteiger partial charge >= 0.3 is 6.09 Å². The normalized spacial score (nSPS) is 18.0. The molecule has 0 spiro atoms. The Morgan fingerprint density at radius 2 is 1.74 bits per heavy atom. The standard InChI is InChI=1S/C19H38N2O2/c1-6-7-8-9-10-13-20-16-19(5)11-14-21(15-12-19)17(22)23-18(2,3)4/h20H,6-16H2,1-5H3. The van der Waals surface area contributed by atoms with Crippen molar-refractivity contribution in [3.05, 3.63) is 0 Å². The molecule has 1 amide bonds. The summed E-state index contributed by atoms with van der Waals surface area (Å²) < 4.78 is 5.46. The van der Waals surface area contributed by atoms with Crippen LogP contribution in [0.25, 0.3) is 0 Å². The van der Waals surface area contributed by atoms with E-state index in [1.807, 2.05) is 25.7 Å². The zero-order chi connectivity index (χ0) is 17.3. The van der Waals surface area contributed by atoms with E-state index >= 15 is 0 Å². The highest BCUT2D eigenvalue weighted by Gasteiger charge is 2.33. The second-order valence-corrected chi connectivity index (χ2v) is 8.37. The van der Waals surface area contributed by atoms with E-state index in [1.165, 1.54) is 32.1 Å². The first-order valence-corrected chi connectivity index (χ1v) is 9.44. The molecule has 1 aliphatic heterocycles. The summed E-state index contributed by atoms with van der Waals surface area (Å²) in [7, 11) is 0. The molecule has 1 N–H and O–H groups in total. The maximum atomic E-state index is 12.1. The van der Waals surface area contributed by atoms with Crippen LogP contribution in [0.2, 0.25) is 0 Å². The van der Waals surface area contributed by atoms with Crippen LogP contribution >= 0.6 is 0 Å². The lowest BCUT2D eigenvalue weighted by molar-refractivity contribution is 0.0120. The summed E-state index contributed by atoms with van der Waals surface area (Å²) in [4.78, 5) is 14.0. The summed E-state index contributed by atoms with van der Waals surface area (Å²) in [6.07, 6.45) is 8.58. The van der Waals surface area contributed by atoms with E-state index in [4.69, 9.17) is 4.74 Å². The Morgan fingerprint density at radius 1 is 1.13 bits per heavy atom. The van der Waals surface area contributed by atoms with Gasteiger partial charge in [-0.05, 0) is 52.0 Å². The van der Waals surface area contributed by atoms with Gasteiger partial charge in [0, 0.05) is 19.6 Å². The number of unbranched alkanes of at least 4 members (excludes halogenated alkanes) is 4. The molecular formula is C19H38N2O2. The Hall–Kier alpha value is -0.770. The van der Waals surface area contributed by atoms with Crippen molar-refractivity contribution in [1.82, 2.24) is 10.2 Å². The molecule has 1 saturated heterocycles. The predicted octanol–water partition coefficient (Wildman–Crippen LogP) is 4.58. The fourth-order valence-corrected chi connectivity index (χ4v) is 2.98. The number of rotatable bonds is 8. The average molecular weight is 327 g/mol. The van der Waals surface area contributed by atoms with Gasteiger partial charge in [-0.2, -0.15) is 0 Å². The summed E-state index contributed by atoms with van der Waals surface area (Å²) in [5.74, 6) is 0. The van der Waals surface area contributed by atoms with Crippen LogP contribution in [0, 0.1) is 5.41 Å². The molecule has 0 unspecified atom stereocenters. The van der Waals surface area contributed by atoms with Crippen LogP contribution < -0.4 is 5.32 Å². The lowest BCUT2D eigenvalue weighted by Crippen LogP contribution is -2.47. The van der Waals surface area contributed by atoms with Gasteiger partial charge in [-0.25, -0.2) is 4.79 Å². The van der Waals surface area contributed by atoms with Gasteiger partial charge < -0.3 is 15.0 Å². The molecule has 23 heavy (non-hydrogen) atoms. The number of hydrogen-bond donors (Lipinski definition) is 1. The number of piperidine rings is 1. The van der Waals surface area contributed by atoms with Crippen molar-refractivity contribution in [2.75, 3.05) is 26.2 Å². The first-order chi connectivity index (χ1) is 10.8. The summed E-state index contributed by atoms with van der Waals surface area (Å²) in [6, 6.07) is 0. The van der Waals surface area contributed by atoms with E-state index in [-0.39, 0.29) is 6.09 Å². The minimum absolute atomic E-state index is 0.163. The summed E-state index contributed by atoms with van der Waals surface area (Å²) >= 11 is 0. The molecule has 4 heteroatoms. The monoisotopic (exact) mass is 326 g/mol. The lowest BCUT2D eigenvalue weighted by atomic mass is 9.80. The Labute approximate surface area is 143 Å². The molecule has 1 aliphatic rings. The zero-order valence-electron chi connectivity index (χ0n) is 16.0. The molecule has 0 radical (unpaired) electrons. The highest BCUT2D eigenvalue weighted by Crippen LogP contribution is 2.30. The van der Waals surface area contributed by atoms with Gasteiger partial charge in [0.1, 0.15) is 5.60 Å². The van der Waals surface area contributed by atoms with Crippen molar-refractivity contribution in [3.63, 3.8) is 0 Å². The molecule has 0 aromatic carbocycles. The number of ether oxygens (including phenoxy) is 1. The molecule has 1 heterocycles. The summed E-state index contributed by atoms with van der Waals surface area (Å²) in [6.45, 7) is 14.1.